The number of cyclic esters (lactones) is 1. The smallest absolute Gasteiger partial charge is 0.319 e. The Morgan fingerprint density at radius 3 is 2.67 bits per heavy atom. The molecule has 0 N–H and O–H groups in total. The van der Waals surface area contributed by atoms with Crippen molar-refractivity contribution in [1.82, 2.24) is 9.97 Å². The van der Waals surface area contributed by atoms with Gasteiger partial charge in [0.05, 0.1) is 23.3 Å². The normalized spacial score (nSPS) is 19.2. The molecule has 1 atom stereocenters. The highest BCUT2D eigenvalue weighted by Gasteiger charge is 2.28. The predicted octanol–water partition coefficient (Wildman–Crippen LogP) is 2.35. The van der Waals surface area contributed by atoms with Gasteiger partial charge < -0.3 is 4.74 Å². The summed E-state index contributed by atoms with van der Waals surface area (Å²) in [6.45, 7) is 2.43. The van der Waals surface area contributed by atoms with Crippen molar-refractivity contribution < 1.29 is 9.53 Å². The van der Waals surface area contributed by atoms with Gasteiger partial charge in [0.25, 0.3) is 0 Å². The van der Waals surface area contributed by atoms with Gasteiger partial charge in [-0.25, -0.2) is 9.97 Å². The van der Waals surface area contributed by atoms with Gasteiger partial charge >= 0.3 is 5.97 Å². The van der Waals surface area contributed by atoms with E-state index in [0.717, 1.165) is 28.2 Å². The fraction of sp³-hybridized carbons (Fsp3) is 0.308. The molecular formula is C13H12N2O2S. The van der Waals surface area contributed by atoms with Crippen LogP contribution in [0.25, 0.3) is 11.0 Å². The number of aryl methyl sites for hydroxylation is 1. The number of para-hydroxylation sites is 2. The van der Waals surface area contributed by atoms with Gasteiger partial charge in [0.2, 0.25) is 0 Å². The zero-order valence-electron chi connectivity index (χ0n) is 9.92. The van der Waals surface area contributed by atoms with Crippen molar-refractivity contribution in [3.05, 3.63) is 30.0 Å². The minimum atomic E-state index is -0.144. The van der Waals surface area contributed by atoms with E-state index in [2.05, 4.69) is 9.97 Å². The van der Waals surface area contributed by atoms with Crippen LogP contribution in [0.2, 0.25) is 0 Å². The van der Waals surface area contributed by atoms with E-state index in [-0.39, 0.29) is 11.2 Å². The van der Waals surface area contributed by atoms with Crippen molar-refractivity contribution >= 4 is 28.8 Å². The molecule has 1 fully saturated rings. The number of carbonyl (C=O) groups is 1. The Bertz CT molecular complexity index is 615. The Balaban J connectivity index is 1.96. The molecule has 1 aliphatic heterocycles. The molecule has 0 aliphatic carbocycles. The van der Waals surface area contributed by atoms with Crippen LogP contribution in [0.3, 0.4) is 0 Å². The third-order valence-corrected chi connectivity index (χ3v) is 4.17. The minimum Gasteiger partial charge on any atom is -0.465 e. The molecule has 18 heavy (non-hydrogen) atoms. The third-order valence-electron chi connectivity index (χ3n) is 2.84. The van der Waals surface area contributed by atoms with E-state index in [0.29, 0.717) is 6.61 Å². The van der Waals surface area contributed by atoms with Crippen LogP contribution in [0, 0.1) is 6.92 Å². The number of aromatic nitrogens is 2. The van der Waals surface area contributed by atoms with E-state index in [1.54, 1.807) is 0 Å². The van der Waals surface area contributed by atoms with Crippen LogP contribution < -0.4 is 0 Å². The molecule has 0 spiro atoms. The summed E-state index contributed by atoms with van der Waals surface area (Å²) in [5.41, 5.74) is 2.60. The monoisotopic (exact) mass is 260 g/mol. The topological polar surface area (TPSA) is 52.1 Å². The molecule has 92 valence electrons. The molecule has 0 unspecified atom stereocenters. The van der Waals surface area contributed by atoms with Crippen LogP contribution in [-0.2, 0) is 9.53 Å². The number of benzene rings is 1. The predicted molar refractivity (Wildman–Crippen MR) is 69.5 cm³/mol. The summed E-state index contributed by atoms with van der Waals surface area (Å²) in [6, 6.07) is 7.74. The van der Waals surface area contributed by atoms with Crippen LogP contribution >= 0.6 is 11.8 Å². The van der Waals surface area contributed by atoms with Gasteiger partial charge in [0, 0.05) is 6.42 Å². The number of nitrogens with zero attached hydrogens (tertiary/aromatic N) is 2. The van der Waals surface area contributed by atoms with E-state index >= 15 is 0 Å². The average Bonchev–Trinajstić information content (AvgIpc) is 2.76. The zero-order valence-corrected chi connectivity index (χ0v) is 10.7. The van der Waals surface area contributed by atoms with E-state index < -0.39 is 0 Å². The zero-order chi connectivity index (χ0) is 12.5. The van der Waals surface area contributed by atoms with Crippen molar-refractivity contribution in [2.24, 2.45) is 0 Å². The Morgan fingerprint density at radius 1 is 1.28 bits per heavy atom. The summed E-state index contributed by atoms with van der Waals surface area (Å²) in [6.07, 6.45) is 0.747. The fourth-order valence-corrected chi connectivity index (χ4v) is 2.92. The van der Waals surface area contributed by atoms with Crippen molar-refractivity contribution in [2.45, 2.75) is 23.6 Å². The lowest BCUT2D eigenvalue weighted by Crippen LogP contribution is -2.10. The largest absolute Gasteiger partial charge is 0.465 e. The Labute approximate surface area is 109 Å². The van der Waals surface area contributed by atoms with E-state index in [9.17, 15) is 4.79 Å². The maximum Gasteiger partial charge on any atom is 0.319 e. The maximum absolute atomic E-state index is 11.5. The number of carbonyl (C=O) groups excluding carboxylic acids is 1. The first-order chi connectivity index (χ1) is 8.74. The van der Waals surface area contributed by atoms with Crippen LogP contribution in [0.4, 0.5) is 0 Å². The summed E-state index contributed by atoms with van der Waals surface area (Å²) in [5.74, 6) is -0.144. The highest BCUT2D eigenvalue weighted by Crippen LogP contribution is 2.30. The average molecular weight is 260 g/mol. The van der Waals surface area contributed by atoms with Gasteiger partial charge in [-0.2, -0.15) is 0 Å². The SMILES string of the molecule is Cc1nc2ccccc2nc1S[C@H]1CCOC1=O. The molecule has 5 heteroatoms. The van der Waals surface area contributed by atoms with Gasteiger partial charge in [0.1, 0.15) is 10.3 Å². The van der Waals surface area contributed by atoms with Crippen molar-refractivity contribution in [3.8, 4) is 0 Å². The van der Waals surface area contributed by atoms with Gasteiger partial charge in [-0.1, -0.05) is 23.9 Å². The van der Waals surface area contributed by atoms with Crippen LogP contribution in [0.1, 0.15) is 12.1 Å². The lowest BCUT2D eigenvalue weighted by Gasteiger charge is -2.08. The summed E-state index contributed by atoms with van der Waals surface area (Å²) < 4.78 is 4.96. The molecule has 0 saturated carbocycles. The molecule has 1 aromatic heterocycles. The van der Waals surface area contributed by atoms with Crippen molar-refractivity contribution in [1.29, 1.82) is 0 Å². The molecule has 2 aromatic rings. The Morgan fingerprint density at radius 2 is 2.00 bits per heavy atom. The molecule has 0 radical (unpaired) electrons. The van der Waals surface area contributed by atoms with Gasteiger partial charge in [0.15, 0.2) is 0 Å². The summed E-state index contributed by atoms with van der Waals surface area (Å²) >= 11 is 1.45. The first-order valence-electron chi connectivity index (χ1n) is 5.81. The van der Waals surface area contributed by atoms with Gasteiger partial charge in [-0.05, 0) is 19.1 Å². The molecule has 1 aliphatic rings. The molecule has 1 saturated heterocycles. The van der Waals surface area contributed by atoms with Gasteiger partial charge in [-0.15, -0.1) is 0 Å². The second-order valence-corrected chi connectivity index (χ2v) is 5.36. The molecule has 2 heterocycles. The summed E-state index contributed by atoms with van der Waals surface area (Å²) in [7, 11) is 0. The number of ether oxygens (including phenoxy) is 1. The summed E-state index contributed by atoms with van der Waals surface area (Å²) in [4.78, 5) is 20.5. The first-order valence-corrected chi connectivity index (χ1v) is 6.69. The molecular weight excluding hydrogens is 248 g/mol. The molecule has 1 aromatic carbocycles. The lowest BCUT2D eigenvalue weighted by atomic mass is 10.3. The second-order valence-electron chi connectivity index (χ2n) is 4.17. The second kappa shape index (κ2) is 4.57. The molecule has 0 bridgehead atoms. The number of fused-ring (bicyclic) bond motifs is 1. The quantitative estimate of drug-likeness (QED) is 0.776. The highest BCUT2D eigenvalue weighted by atomic mass is 32.2. The van der Waals surface area contributed by atoms with Crippen LogP contribution in [0.5, 0.6) is 0 Å². The molecule has 4 nitrogen and oxygen atoms in total. The number of hydrogen-bond donors (Lipinski definition) is 0. The molecule has 3 rings (SSSR count). The number of hydrogen-bond acceptors (Lipinski definition) is 5. The first kappa shape index (κ1) is 11.5. The summed E-state index contributed by atoms with van der Waals surface area (Å²) in [5, 5.41) is 0.678. The number of rotatable bonds is 2. The van der Waals surface area contributed by atoms with E-state index in [1.807, 2.05) is 31.2 Å². The van der Waals surface area contributed by atoms with Crippen LogP contribution in [-0.4, -0.2) is 27.8 Å². The van der Waals surface area contributed by atoms with Crippen molar-refractivity contribution in [3.63, 3.8) is 0 Å². The van der Waals surface area contributed by atoms with E-state index in [1.165, 1.54) is 11.8 Å². The molecule has 0 amide bonds. The lowest BCUT2D eigenvalue weighted by molar-refractivity contribution is -0.137. The highest BCUT2D eigenvalue weighted by molar-refractivity contribution is 8.00. The third kappa shape index (κ3) is 2.06. The maximum atomic E-state index is 11.5. The fourth-order valence-electron chi connectivity index (χ4n) is 1.90. The standard InChI is InChI=1S/C13H12N2O2S/c1-8-12(18-11-6-7-17-13(11)16)15-10-5-3-2-4-9(10)14-8/h2-5,11H,6-7H2,1H3/t11-/m0/s1. The number of thioether (sulfide) groups is 1. The minimum absolute atomic E-state index is 0.140. The number of esters is 1. The van der Waals surface area contributed by atoms with Gasteiger partial charge in [-0.3, -0.25) is 4.79 Å². The van der Waals surface area contributed by atoms with Crippen LogP contribution in [0.15, 0.2) is 29.3 Å². The van der Waals surface area contributed by atoms with Crippen molar-refractivity contribution in [2.75, 3.05) is 6.61 Å². The Kier molecular flexibility index (Phi) is 2.91. The Hall–Kier alpha value is -1.62. The van der Waals surface area contributed by atoms with E-state index in [4.69, 9.17) is 4.74 Å².